The molecule has 0 radical (unpaired) electrons. The smallest absolute Gasteiger partial charge is 0.297 e. The number of rotatable bonds is 4. The Hall–Kier alpha value is -3.03. The fourth-order valence-electron chi connectivity index (χ4n) is 3.90. The maximum Gasteiger partial charge on any atom is 0.297 e. The molecule has 0 aliphatic carbocycles. The van der Waals surface area contributed by atoms with Gasteiger partial charge in [0.25, 0.3) is 5.91 Å². The van der Waals surface area contributed by atoms with Gasteiger partial charge in [0.05, 0.1) is 17.0 Å². The Bertz CT molecular complexity index is 1380. The number of hydrogen-bond donors (Lipinski definition) is 0. The standard InChI is InChI=1S/C23H18ClN3O3S/c1-3-4-17-25-26-23(31-17)27-19(13-6-8-14(24)9-7-13)18-20(28)15-11-12(2)5-10-16(15)30-21(18)22(27)29/h5-11,19H,3-4H2,1-2H3. The van der Waals surface area contributed by atoms with Gasteiger partial charge in [-0.3, -0.25) is 14.5 Å². The van der Waals surface area contributed by atoms with Crippen molar-refractivity contribution in [2.45, 2.75) is 32.7 Å². The first-order chi connectivity index (χ1) is 15.0. The predicted octanol–water partition coefficient (Wildman–Crippen LogP) is 5.31. The van der Waals surface area contributed by atoms with Crippen molar-refractivity contribution in [3.05, 3.63) is 85.2 Å². The number of fused-ring (bicyclic) bond motifs is 2. The first-order valence-electron chi connectivity index (χ1n) is 9.96. The van der Waals surface area contributed by atoms with Gasteiger partial charge in [-0.15, -0.1) is 10.2 Å². The lowest BCUT2D eigenvalue weighted by Crippen LogP contribution is -2.29. The lowest BCUT2D eigenvalue weighted by Gasteiger charge is -2.22. The summed E-state index contributed by atoms with van der Waals surface area (Å²) in [5.74, 6) is -0.345. The number of amides is 1. The molecule has 2 aromatic carbocycles. The average Bonchev–Trinajstić information content (AvgIpc) is 3.32. The van der Waals surface area contributed by atoms with Crippen LogP contribution in [-0.4, -0.2) is 16.1 Å². The zero-order valence-corrected chi connectivity index (χ0v) is 18.5. The zero-order valence-electron chi connectivity index (χ0n) is 16.9. The lowest BCUT2D eigenvalue weighted by atomic mass is 9.98. The third-order valence-electron chi connectivity index (χ3n) is 5.34. The molecule has 6 nitrogen and oxygen atoms in total. The summed E-state index contributed by atoms with van der Waals surface area (Å²) in [5, 5.41) is 10.8. The molecule has 2 aromatic heterocycles. The molecule has 8 heteroatoms. The van der Waals surface area contributed by atoms with Crippen LogP contribution >= 0.6 is 22.9 Å². The number of aryl methyl sites for hydroxylation is 2. The Kier molecular flexibility index (Phi) is 4.87. The molecular formula is C23H18ClN3O3S. The van der Waals surface area contributed by atoms with Gasteiger partial charge in [-0.25, -0.2) is 0 Å². The number of aromatic nitrogens is 2. The molecule has 0 saturated carbocycles. The number of halogens is 1. The fraction of sp³-hybridized carbons (Fsp3) is 0.217. The normalized spacial score (nSPS) is 15.6. The second-order valence-electron chi connectivity index (χ2n) is 7.53. The monoisotopic (exact) mass is 451 g/mol. The van der Waals surface area contributed by atoms with E-state index in [4.69, 9.17) is 16.0 Å². The molecule has 0 fully saturated rings. The van der Waals surface area contributed by atoms with Crippen LogP contribution in [0.4, 0.5) is 5.13 Å². The van der Waals surface area contributed by atoms with Gasteiger partial charge in [-0.2, -0.15) is 0 Å². The summed E-state index contributed by atoms with van der Waals surface area (Å²) in [4.78, 5) is 28.6. The topological polar surface area (TPSA) is 76.3 Å². The van der Waals surface area contributed by atoms with Crippen molar-refractivity contribution in [2.75, 3.05) is 4.90 Å². The zero-order chi connectivity index (χ0) is 21.7. The van der Waals surface area contributed by atoms with Gasteiger partial charge in [0.15, 0.2) is 5.43 Å². The summed E-state index contributed by atoms with van der Waals surface area (Å²) in [6.45, 7) is 3.97. The van der Waals surface area contributed by atoms with Crippen LogP contribution in [0, 0.1) is 6.92 Å². The van der Waals surface area contributed by atoms with Crippen LogP contribution in [0.25, 0.3) is 11.0 Å². The molecule has 31 heavy (non-hydrogen) atoms. The minimum atomic E-state index is -0.664. The van der Waals surface area contributed by atoms with E-state index in [1.165, 1.54) is 16.2 Å². The molecule has 1 aliphatic rings. The first kappa shape index (κ1) is 19.9. The number of benzene rings is 2. The maximum absolute atomic E-state index is 13.6. The van der Waals surface area contributed by atoms with E-state index in [1.807, 2.05) is 25.1 Å². The molecule has 3 heterocycles. The lowest BCUT2D eigenvalue weighted by molar-refractivity contribution is 0.0970. The van der Waals surface area contributed by atoms with Crippen LogP contribution in [0.1, 0.15) is 51.6 Å². The molecule has 1 unspecified atom stereocenters. The van der Waals surface area contributed by atoms with E-state index in [0.717, 1.165) is 29.0 Å². The van der Waals surface area contributed by atoms with E-state index in [9.17, 15) is 9.59 Å². The molecular weight excluding hydrogens is 434 g/mol. The number of carbonyl (C=O) groups is 1. The Morgan fingerprint density at radius 1 is 1.13 bits per heavy atom. The van der Waals surface area contributed by atoms with E-state index >= 15 is 0 Å². The van der Waals surface area contributed by atoms with Crippen LogP contribution in [0.5, 0.6) is 0 Å². The summed E-state index contributed by atoms with van der Waals surface area (Å²) in [6, 6.07) is 11.8. The van der Waals surface area contributed by atoms with Crippen molar-refractivity contribution in [3.63, 3.8) is 0 Å². The van der Waals surface area contributed by atoms with Crippen molar-refractivity contribution < 1.29 is 9.21 Å². The molecule has 1 amide bonds. The van der Waals surface area contributed by atoms with Crippen LogP contribution in [0.3, 0.4) is 0 Å². The summed E-state index contributed by atoms with van der Waals surface area (Å²) in [5.41, 5.74) is 2.19. The largest absolute Gasteiger partial charge is 0.450 e. The number of carbonyl (C=O) groups excluding carboxylic acids is 1. The Labute approximate surface area is 187 Å². The van der Waals surface area contributed by atoms with Crippen LogP contribution in [-0.2, 0) is 6.42 Å². The second kappa shape index (κ2) is 7.59. The summed E-state index contributed by atoms with van der Waals surface area (Å²) < 4.78 is 5.97. The Morgan fingerprint density at radius 3 is 2.65 bits per heavy atom. The highest BCUT2D eigenvalue weighted by molar-refractivity contribution is 7.15. The average molecular weight is 452 g/mol. The summed E-state index contributed by atoms with van der Waals surface area (Å²) >= 11 is 7.44. The van der Waals surface area contributed by atoms with Gasteiger partial charge in [0.2, 0.25) is 10.9 Å². The van der Waals surface area contributed by atoms with Crippen LogP contribution in [0.2, 0.25) is 5.02 Å². The quantitative estimate of drug-likeness (QED) is 0.420. The summed E-state index contributed by atoms with van der Waals surface area (Å²) in [6.07, 6.45) is 1.70. The molecule has 156 valence electrons. The van der Waals surface area contributed by atoms with E-state index in [-0.39, 0.29) is 11.2 Å². The summed E-state index contributed by atoms with van der Waals surface area (Å²) in [7, 11) is 0. The fourth-order valence-corrected chi connectivity index (χ4v) is 4.99. The first-order valence-corrected chi connectivity index (χ1v) is 11.2. The molecule has 0 N–H and O–H groups in total. The molecule has 1 aliphatic heterocycles. The predicted molar refractivity (Wildman–Crippen MR) is 121 cm³/mol. The molecule has 1 atom stereocenters. The van der Waals surface area contributed by atoms with Crippen molar-refractivity contribution in [3.8, 4) is 0 Å². The van der Waals surface area contributed by atoms with Gasteiger partial charge in [-0.05, 0) is 43.2 Å². The van der Waals surface area contributed by atoms with Crippen molar-refractivity contribution in [1.29, 1.82) is 0 Å². The van der Waals surface area contributed by atoms with Crippen molar-refractivity contribution in [1.82, 2.24) is 10.2 Å². The third-order valence-corrected chi connectivity index (χ3v) is 6.57. The van der Waals surface area contributed by atoms with Gasteiger partial charge in [0.1, 0.15) is 10.6 Å². The third kappa shape index (κ3) is 3.25. The number of hydrogen-bond acceptors (Lipinski definition) is 6. The van der Waals surface area contributed by atoms with E-state index in [0.29, 0.717) is 26.7 Å². The van der Waals surface area contributed by atoms with E-state index in [1.54, 1.807) is 24.3 Å². The van der Waals surface area contributed by atoms with E-state index in [2.05, 4.69) is 17.1 Å². The van der Waals surface area contributed by atoms with Gasteiger partial charge in [0, 0.05) is 11.4 Å². The van der Waals surface area contributed by atoms with E-state index < -0.39 is 11.9 Å². The highest BCUT2D eigenvalue weighted by atomic mass is 35.5. The molecule has 4 aromatic rings. The van der Waals surface area contributed by atoms with Gasteiger partial charge >= 0.3 is 0 Å². The second-order valence-corrected chi connectivity index (χ2v) is 9.01. The van der Waals surface area contributed by atoms with Gasteiger partial charge in [-0.1, -0.05) is 53.6 Å². The Morgan fingerprint density at radius 2 is 1.90 bits per heavy atom. The molecule has 0 saturated heterocycles. The van der Waals surface area contributed by atoms with Crippen LogP contribution in [0.15, 0.2) is 51.7 Å². The highest BCUT2D eigenvalue weighted by Gasteiger charge is 2.45. The Balaban J connectivity index is 1.77. The minimum absolute atomic E-state index is 0.0496. The van der Waals surface area contributed by atoms with Gasteiger partial charge < -0.3 is 4.42 Å². The maximum atomic E-state index is 13.6. The van der Waals surface area contributed by atoms with Crippen molar-refractivity contribution in [2.24, 2.45) is 0 Å². The molecule has 0 spiro atoms. The molecule has 5 rings (SSSR count). The van der Waals surface area contributed by atoms with Crippen LogP contribution < -0.4 is 10.3 Å². The molecule has 0 bridgehead atoms. The highest BCUT2D eigenvalue weighted by Crippen LogP contribution is 2.42. The minimum Gasteiger partial charge on any atom is -0.450 e. The SMILES string of the molecule is CCCc1nnc(N2C(=O)c3oc4ccc(C)cc4c(=O)c3C2c2ccc(Cl)cc2)s1. The number of anilines is 1. The van der Waals surface area contributed by atoms with Crippen molar-refractivity contribution >= 4 is 44.9 Å². The number of nitrogens with zero attached hydrogens (tertiary/aromatic N) is 3.